The number of benzene rings is 1. The molecule has 1 unspecified atom stereocenters. The van der Waals surface area contributed by atoms with Gasteiger partial charge in [0, 0.05) is 24.3 Å². The van der Waals surface area contributed by atoms with Crippen molar-refractivity contribution < 1.29 is 18.6 Å². The van der Waals surface area contributed by atoms with Crippen LogP contribution in [-0.2, 0) is 26.0 Å². The van der Waals surface area contributed by atoms with E-state index in [0.29, 0.717) is 42.7 Å². The maximum Gasteiger partial charge on any atom is 0.258 e. The van der Waals surface area contributed by atoms with Crippen molar-refractivity contribution in [3.63, 3.8) is 0 Å². The molecule has 0 radical (unpaired) electrons. The van der Waals surface area contributed by atoms with Crippen molar-refractivity contribution in [2.75, 3.05) is 13.2 Å². The minimum absolute atomic E-state index is 0.0240. The number of hydrogen-bond acceptors (Lipinski definition) is 5. The minimum Gasteiger partial charge on any atom is -0.543 e. The summed E-state index contributed by atoms with van der Waals surface area (Å²) < 4.78 is 25.3. The molecule has 1 saturated heterocycles. The Morgan fingerprint density at radius 1 is 1.03 bits per heavy atom. The second-order valence-corrected chi connectivity index (χ2v) is 16.6. The van der Waals surface area contributed by atoms with Gasteiger partial charge in [0.1, 0.15) is 11.9 Å². The molecule has 2 heterocycles. The Morgan fingerprint density at radius 3 is 2.30 bits per heavy atom. The van der Waals surface area contributed by atoms with Gasteiger partial charge in [-0.3, -0.25) is 0 Å². The number of nitriles is 1. The Labute approximate surface area is 199 Å². The van der Waals surface area contributed by atoms with Crippen LogP contribution < -0.4 is 4.43 Å². The van der Waals surface area contributed by atoms with Crippen LogP contribution in [0.5, 0.6) is 5.75 Å². The van der Waals surface area contributed by atoms with Gasteiger partial charge >= 0.3 is 0 Å². The average molecular weight is 468 g/mol. The maximum atomic E-state index is 10.6. The Kier molecular flexibility index (Phi) is 5.47. The first-order valence-corrected chi connectivity index (χ1v) is 14.7. The number of hydrogen-bond donors (Lipinski definition) is 0. The first-order valence-electron chi connectivity index (χ1n) is 12.6. The van der Waals surface area contributed by atoms with Crippen LogP contribution in [0.3, 0.4) is 0 Å². The molecule has 2 aliphatic carbocycles. The third kappa shape index (κ3) is 3.08. The van der Waals surface area contributed by atoms with Crippen LogP contribution in [0, 0.1) is 17.2 Å². The molecule has 0 N–H and O–H groups in total. The molecule has 6 heteroatoms. The van der Waals surface area contributed by atoms with Crippen molar-refractivity contribution in [2.45, 2.75) is 94.7 Å². The number of fused-ring (bicyclic) bond motifs is 3. The summed E-state index contributed by atoms with van der Waals surface area (Å²) in [4.78, 5) is 0. The Bertz CT molecular complexity index is 982. The highest BCUT2D eigenvalue weighted by atomic mass is 28.4. The fourth-order valence-corrected chi connectivity index (χ4v) is 12.8. The van der Waals surface area contributed by atoms with Crippen LogP contribution in [-0.4, -0.2) is 33.4 Å². The molecule has 33 heavy (non-hydrogen) atoms. The fourth-order valence-electron chi connectivity index (χ4n) is 7.52. The summed E-state index contributed by atoms with van der Waals surface area (Å²) in [6, 6.07) is 9.21. The molecule has 5 nitrogen and oxygen atoms in total. The molecule has 178 valence electrons. The lowest BCUT2D eigenvalue weighted by Crippen LogP contribution is -2.54. The van der Waals surface area contributed by atoms with E-state index in [4.69, 9.17) is 18.6 Å². The monoisotopic (exact) mass is 467 g/mol. The molecular formula is C27H37NO4Si. The third-order valence-corrected chi connectivity index (χ3v) is 14.8. The van der Waals surface area contributed by atoms with Gasteiger partial charge in [-0.1, -0.05) is 47.6 Å². The summed E-state index contributed by atoms with van der Waals surface area (Å²) in [6.07, 6.45) is 3.94. The zero-order valence-electron chi connectivity index (χ0n) is 20.8. The number of rotatable bonds is 5. The predicted octanol–water partition coefficient (Wildman–Crippen LogP) is 5.99. The SMILES string of the molecule is CC(C)[Si](Oc1ccc2c(c1)C[C@H]1OC=C3C1[C@@]2(C#N)CCC31OCCO1)(C(C)C)C(C)C. The molecule has 2 fully saturated rings. The fraction of sp³-hybridized carbons (Fsp3) is 0.667. The van der Waals surface area contributed by atoms with E-state index in [9.17, 15) is 5.26 Å². The van der Waals surface area contributed by atoms with Crippen molar-refractivity contribution >= 4 is 8.32 Å². The van der Waals surface area contributed by atoms with Crippen molar-refractivity contribution in [3.05, 3.63) is 41.2 Å². The summed E-state index contributed by atoms with van der Waals surface area (Å²) in [5.41, 5.74) is 4.26. The van der Waals surface area contributed by atoms with Crippen molar-refractivity contribution in [3.8, 4) is 11.8 Å². The van der Waals surface area contributed by atoms with Gasteiger partial charge in [0.2, 0.25) is 0 Å². The summed E-state index contributed by atoms with van der Waals surface area (Å²) >= 11 is 0. The average Bonchev–Trinajstić information content (AvgIpc) is 3.42. The first kappa shape index (κ1) is 23.0. The lowest BCUT2D eigenvalue weighted by atomic mass is 9.55. The topological polar surface area (TPSA) is 60.7 Å². The molecule has 0 amide bonds. The van der Waals surface area contributed by atoms with Gasteiger partial charge in [-0.2, -0.15) is 5.26 Å². The van der Waals surface area contributed by atoms with Crippen LogP contribution in [0.25, 0.3) is 0 Å². The molecule has 1 saturated carbocycles. The molecule has 1 aromatic carbocycles. The van der Waals surface area contributed by atoms with Gasteiger partial charge in [-0.15, -0.1) is 0 Å². The van der Waals surface area contributed by atoms with Crippen LogP contribution in [0.4, 0.5) is 0 Å². The highest BCUT2D eigenvalue weighted by Crippen LogP contribution is 2.60. The molecule has 4 aliphatic rings. The molecule has 1 spiro atoms. The van der Waals surface area contributed by atoms with E-state index < -0.39 is 19.5 Å². The lowest BCUT2D eigenvalue weighted by molar-refractivity contribution is -0.154. The molecule has 2 aliphatic heterocycles. The van der Waals surface area contributed by atoms with Crippen LogP contribution >= 0.6 is 0 Å². The van der Waals surface area contributed by atoms with Crippen molar-refractivity contribution in [2.24, 2.45) is 5.92 Å². The van der Waals surface area contributed by atoms with Crippen molar-refractivity contribution in [1.29, 1.82) is 5.26 Å². The highest BCUT2D eigenvalue weighted by molar-refractivity contribution is 6.78. The zero-order chi connectivity index (χ0) is 23.6. The molecule has 1 aromatic rings. The Morgan fingerprint density at radius 2 is 1.70 bits per heavy atom. The third-order valence-electron chi connectivity index (χ3n) is 8.83. The molecule has 5 rings (SSSR count). The summed E-state index contributed by atoms with van der Waals surface area (Å²) in [5, 5.41) is 10.6. The molecule has 0 aromatic heterocycles. The number of ether oxygens (including phenoxy) is 3. The summed E-state index contributed by atoms with van der Waals surface area (Å²) in [6.45, 7) is 15.1. The van der Waals surface area contributed by atoms with E-state index in [2.05, 4.69) is 65.8 Å². The quantitative estimate of drug-likeness (QED) is 0.498. The standard InChI is InChI=1S/C27H37NO4Si/c1-17(2)33(18(3)4,19(5)6)32-21-7-8-22-20(13-21)14-24-25-23(15-29-24)27(30-11-12-31-27)10-9-26(22,25)16-28/h7-8,13,15,17-19,24-25H,9-12,14H2,1-6H3/t24-,25?,26-/m1/s1. The minimum atomic E-state index is -2.05. The predicted molar refractivity (Wildman–Crippen MR) is 129 cm³/mol. The van der Waals surface area contributed by atoms with Gasteiger partial charge < -0.3 is 18.6 Å². The Hall–Kier alpha value is -1.81. The largest absolute Gasteiger partial charge is 0.543 e. The normalized spacial score (nSPS) is 29.6. The van der Waals surface area contributed by atoms with Crippen LogP contribution in [0.2, 0.25) is 16.6 Å². The van der Waals surface area contributed by atoms with Gasteiger partial charge in [-0.25, -0.2) is 0 Å². The first-order chi connectivity index (χ1) is 15.7. The van der Waals surface area contributed by atoms with Gasteiger partial charge in [0.05, 0.1) is 31.0 Å². The smallest absolute Gasteiger partial charge is 0.258 e. The van der Waals surface area contributed by atoms with E-state index in [1.54, 1.807) is 0 Å². The summed E-state index contributed by atoms with van der Waals surface area (Å²) in [7, 11) is -2.05. The van der Waals surface area contributed by atoms with Crippen molar-refractivity contribution in [1.82, 2.24) is 0 Å². The molecular weight excluding hydrogens is 430 g/mol. The van der Waals surface area contributed by atoms with E-state index in [-0.39, 0.29) is 12.0 Å². The number of nitrogens with zero attached hydrogens (tertiary/aromatic N) is 1. The summed E-state index contributed by atoms with van der Waals surface area (Å²) in [5.74, 6) is 0.227. The van der Waals surface area contributed by atoms with Crippen LogP contribution in [0.1, 0.15) is 65.5 Å². The van der Waals surface area contributed by atoms with Gasteiger partial charge in [-0.05, 0) is 46.3 Å². The van der Waals surface area contributed by atoms with E-state index in [1.165, 1.54) is 5.56 Å². The Balaban J connectivity index is 1.53. The zero-order valence-corrected chi connectivity index (χ0v) is 21.8. The van der Waals surface area contributed by atoms with E-state index in [1.807, 2.05) is 6.26 Å². The second kappa shape index (κ2) is 7.86. The van der Waals surface area contributed by atoms with E-state index >= 15 is 0 Å². The second-order valence-electron chi connectivity index (χ2n) is 11.2. The van der Waals surface area contributed by atoms with Gasteiger partial charge in [0.25, 0.3) is 8.32 Å². The lowest BCUT2D eigenvalue weighted by Gasteiger charge is -2.49. The van der Waals surface area contributed by atoms with E-state index in [0.717, 1.165) is 23.3 Å². The maximum absolute atomic E-state index is 10.6. The molecule has 0 bridgehead atoms. The molecule has 3 atom stereocenters. The highest BCUT2D eigenvalue weighted by Gasteiger charge is 2.63. The van der Waals surface area contributed by atoms with Gasteiger partial charge in [0.15, 0.2) is 5.79 Å². The van der Waals surface area contributed by atoms with Crippen LogP contribution in [0.15, 0.2) is 30.0 Å².